The van der Waals surface area contributed by atoms with Gasteiger partial charge in [0.15, 0.2) is 0 Å². The molecule has 4 aliphatic rings. The molecule has 4 saturated carbocycles. The molecule has 0 spiro atoms. The summed E-state index contributed by atoms with van der Waals surface area (Å²) in [5, 5.41) is 0. The fraction of sp³-hybridized carbons (Fsp3) is 1.00. The first-order valence-corrected chi connectivity index (χ1v) is 9.35. The van der Waals surface area contributed by atoms with E-state index in [1.54, 1.807) is 0 Å². The quantitative estimate of drug-likeness (QED) is 0.628. The molecule has 0 unspecified atom stereocenters. The normalized spacial score (nSPS) is 53.1. The average Bonchev–Trinajstić information content (AvgIpc) is 2.93. The van der Waals surface area contributed by atoms with Gasteiger partial charge in [0.1, 0.15) is 0 Å². The number of rotatable bonds is 2. The van der Waals surface area contributed by atoms with Crippen LogP contribution in [0.5, 0.6) is 0 Å². The molecule has 0 saturated heterocycles. The van der Waals surface area contributed by atoms with Crippen LogP contribution >= 0.6 is 11.8 Å². The second-order valence-corrected chi connectivity index (χ2v) is 10.8. The third-order valence-electron chi connectivity index (χ3n) is 8.37. The van der Waals surface area contributed by atoms with Crippen molar-refractivity contribution in [1.29, 1.82) is 0 Å². The smallest absolute Gasteiger partial charge is 0.0219 e. The molecule has 0 nitrogen and oxygen atoms in total. The van der Waals surface area contributed by atoms with Gasteiger partial charge in [0.2, 0.25) is 0 Å². The highest BCUT2D eigenvalue weighted by molar-refractivity contribution is 8.02. The Balaban J connectivity index is 1.69. The lowest BCUT2D eigenvalue weighted by molar-refractivity contribution is 0.264. The molecule has 19 heavy (non-hydrogen) atoms. The van der Waals surface area contributed by atoms with Crippen LogP contribution in [0.1, 0.15) is 79.1 Å². The summed E-state index contributed by atoms with van der Waals surface area (Å²) in [6.07, 6.45) is 12.1. The minimum Gasteiger partial charge on any atom is -0.147 e. The summed E-state index contributed by atoms with van der Waals surface area (Å²) >= 11 is 2.51. The molecule has 4 aliphatic carbocycles. The Hall–Kier alpha value is 0.350. The predicted octanol–water partition coefficient (Wildman–Crippen LogP) is 5.66. The van der Waals surface area contributed by atoms with Gasteiger partial charge in [-0.1, -0.05) is 27.7 Å². The zero-order chi connectivity index (χ0) is 13.5. The highest BCUT2D eigenvalue weighted by Gasteiger charge is 2.66. The summed E-state index contributed by atoms with van der Waals surface area (Å²) < 4.78 is 1.27. The van der Waals surface area contributed by atoms with Crippen LogP contribution in [0.2, 0.25) is 0 Å². The molecule has 0 amide bonds. The molecule has 0 aliphatic heterocycles. The maximum atomic E-state index is 2.59. The molecule has 108 valence electrons. The van der Waals surface area contributed by atoms with Crippen LogP contribution in [0, 0.1) is 22.7 Å². The third-order valence-corrected chi connectivity index (χ3v) is 11.0. The molecule has 4 rings (SSSR count). The molecule has 0 aromatic heterocycles. The van der Waals surface area contributed by atoms with Crippen molar-refractivity contribution < 1.29 is 0 Å². The number of hydrogen-bond acceptors (Lipinski definition) is 1. The Kier molecular flexibility index (Phi) is 2.45. The van der Waals surface area contributed by atoms with Crippen molar-refractivity contribution in [3.8, 4) is 0 Å². The summed E-state index contributed by atoms with van der Waals surface area (Å²) in [6.45, 7) is 10.4. The van der Waals surface area contributed by atoms with Crippen molar-refractivity contribution in [2.24, 2.45) is 22.7 Å². The topological polar surface area (TPSA) is 0 Å². The van der Waals surface area contributed by atoms with E-state index in [1.165, 1.54) is 51.4 Å². The monoisotopic (exact) mass is 278 g/mol. The van der Waals surface area contributed by atoms with Crippen molar-refractivity contribution in [3.63, 3.8) is 0 Å². The maximum Gasteiger partial charge on any atom is 0.0219 e. The molecule has 4 fully saturated rings. The molecular weight excluding hydrogens is 248 g/mol. The van der Waals surface area contributed by atoms with Crippen LogP contribution in [0.25, 0.3) is 0 Å². The van der Waals surface area contributed by atoms with E-state index in [-0.39, 0.29) is 0 Å². The fourth-order valence-electron chi connectivity index (χ4n) is 6.49. The summed E-state index contributed by atoms with van der Waals surface area (Å²) in [5.41, 5.74) is 1.20. The van der Waals surface area contributed by atoms with Gasteiger partial charge < -0.3 is 0 Å². The maximum absolute atomic E-state index is 2.59. The second-order valence-electron chi connectivity index (χ2n) is 9.08. The standard InChI is InChI=1S/C18H30S/c1-15(2)13-5-9-17(15,10-6-13)19-18-11-7-14(8-12-18)16(18,3)4/h13-14H,5-12H2,1-4H3. The highest BCUT2D eigenvalue weighted by atomic mass is 32.2. The lowest BCUT2D eigenvalue weighted by atomic mass is 9.80. The second kappa shape index (κ2) is 3.57. The van der Waals surface area contributed by atoms with Gasteiger partial charge in [0.05, 0.1) is 0 Å². The van der Waals surface area contributed by atoms with Gasteiger partial charge in [0, 0.05) is 9.49 Å². The first kappa shape index (κ1) is 13.0. The molecule has 0 radical (unpaired) electrons. The van der Waals surface area contributed by atoms with Gasteiger partial charge in [-0.05, 0) is 74.0 Å². The SMILES string of the molecule is CC1(C)C2CCC1(SC13CCC(CC1)C3(C)C)CC2. The van der Waals surface area contributed by atoms with E-state index in [0.717, 1.165) is 11.8 Å². The molecule has 0 N–H and O–H groups in total. The van der Waals surface area contributed by atoms with Crippen LogP contribution in [0.15, 0.2) is 0 Å². The number of thioether (sulfide) groups is 1. The van der Waals surface area contributed by atoms with Gasteiger partial charge in [-0.3, -0.25) is 0 Å². The van der Waals surface area contributed by atoms with Crippen LogP contribution in [0.3, 0.4) is 0 Å². The average molecular weight is 279 g/mol. The van der Waals surface area contributed by atoms with Crippen LogP contribution in [-0.2, 0) is 0 Å². The van der Waals surface area contributed by atoms with E-state index in [2.05, 4.69) is 39.5 Å². The zero-order valence-corrected chi connectivity index (χ0v) is 14.0. The van der Waals surface area contributed by atoms with E-state index in [4.69, 9.17) is 0 Å². The van der Waals surface area contributed by atoms with Crippen LogP contribution < -0.4 is 0 Å². The van der Waals surface area contributed by atoms with E-state index in [0.29, 0.717) is 20.3 Å². The molecule has 0 aromatic carbocycles. The van der Waals surface area contributed by atoms with E-state index < -0.39 is 0 Å². The molecule has 0 heterocycles. The van der Waals surface area contributed by atoms with E-state index >= 15 is 0 Å². The molecule has 0 aromatic rings. The summed E-state index contributed by atoms with van der Waals surface area (Å²) in [7, 11) is 0. The molecular formula is C18H30S. The molecule has 0 atom stereocenters. The summed E-state index contributed by atoms with van der Waals surface area (Å²) in [4.78, 5) is 0. The first-order chi connectivity index (χ1) is 8.83. The van der Waals surface area contributed by atoms with Crippen molar-refractivity contribution in [1.82, 2.24) is 0 Å². The Bertz CT molecular complexity index is 352. The lowest BCUT2D eigenvalue weighted by Gasteiger charge is -2.48. The van der Waals surface area contributed by atoms with Gasteiger partial charge >= 0.3 is 0 Å². The lowest BCUT2D eigenvalue weighted by Crippen LogP contribution is -2.43. The molecule has 1 heteroatoms. The molecule has 4 bridgehead atoms. The van der Waals surface area contributed by atoms with Crippen molar-refractivity contribution in [2.45, 2.75) is 88.6 Å². The fourth-order valence-corrected chi connectivity index (χ4v) is 8.97. The van der Waals surface area contributed by atoms with Crippen LogP contribution in [0.4, 0.5) is 0 Å². The van der Waals surface area contributed by atoms with Crippen molar-refractivity contribution in [2.75, 3.05) is 0 Å². The van der Waals surface area contributed by atoms with E-state index in [9.17, 15) is 0 Å². The summed E-state index contributed by atoms with van der Waals surface area (Å²) in [6, 6.07) is 0. The Morgan fingerprint density at radius 3 is 1.16 bits per heavy atom. The number of fused-ring (bicyclic) bond motifs is 4. The zero-order valence-electron chi connectivity index (χ0n) is 13.2. The Labute approximate surface area is 123 Å². The Morgan fingerprint density at radius 1 is 0.632 bits per heavy atom. The van der Waals surface area contributed by atoms with Gasteiger partial charge in [-0.15, -0.1) is 11.8 Å². The minimum atomic E-state index is 0.600. The van der Waals surface area contributed by atoms with Gasteiger partial charge in [0.25, 0.3) is 0 Å². The highest BCUT2D eigenvalue weighted by Crippen LogP contribution is 2.75. The largest absolute Gasteiger partial charge is 0.147 e. The van der Waals surface area contributed by atoms with Crippen molar-refractivity contribution >= 4 is 11.8 Å². The minimum absolute atomic E-state index is 0.600. The van der Waals surface area contributed by atoms with Crippen molar-refractivity contribution in [3.05, 3.63) is 0 Å². The predicted molar refractivity (Wildman–Crippen MR) is 84.5 cm³/mol. The number of hydrogen-bond donors (Lipinski definition) is 0. The van der Waals surface area contributed by atoms with E-state index in [1.807, 2.05) is 0 Å². The van der Waals surface area contributed by atoms with Crippen LogP contribution in [-0.4, -0.2) is 9.49 Å². The van der Waals surface area contributed by atoms with Gasteiger partial charge in [-0.25, -0.2) is 0 Å². The van der Waals surface area contributed by atoms with Gasteiger partial charge in [-0.2, -0.15) is 0 Å². The third kappa shape index (κ3) is 1.35. The Morgan fingerprint density at radius 2 is 0.947 bits per heavy atom. The summed E-state index contributed by atoms with van der Waals surface area (Å²) in [5.74, 6) is 2.05. The first-order valence-electron chi connectivity index (χ1n) is 8.53.